The SMILES string of the molecule is COc1cc2c(cc1Nc1ncc(Cl)c(Nc3ccc(OS(=O)(=O)F)cc3P(C)(C)=O)n1)CN(C)CC2.Cl.Cl. The first-order valence-corrected chi connectivity index (χ1v) is 15.4. The van der Waals surface area contributed by atoms with Crippen molar-refractivity contribution in [3.8, 4) is 11.5 Å². The second kappa shape index (κ2) is 12.9. The molecule has 0 radical (unpaired) electrons. The van der Waals surface area contributed by atoms with Gasteiger partial charge in [0.15, 0.2) is 5.82 Å². The van der Waals surface area contributed by atoms with Gasteiger partial charge in [-0.05, 0) is 68.3 Å². The normalized spacial score (nSPS) is 13.4. The molecule has 0 bridgehead atoms. The van der Waals surface area contributed by atoms with Crippen molar-refractivity contribution in [3.05, 3.63) is 52.7 Å². The van der Waals surface area contributed by atoms with E-state index in [4.69, 9.17) is 16.3 Å². The fraction of sp³-hybridized carbons (Fsp3) is 0.304. The summed E-state index contributed by atoms with van der Waals surface area (Å²) in [5.74, 6) is 0.774. The predicted molar refractivity (Wildman–Crippen MR) is 157 cm³/mol. The Morgan fingerprint density at radius 1 is 1.10 bits per heavy atom. The van der Waals surface area contributed by atoms with Crippen LogP contribution in [0.2, 0.25) is 5.02 Å². The topological polar surface area (TPSA) is 123 Å². The number of fused-ring (bicyclic) bond motifs is 1. The molecule has 0 amide bonds. The molecule has 1 aliphatic heterocycles. The Kier molecular flexibility index (Phi) is 10.9. The Morgan fingerprint density at radius 2 is 1.82 bits per heavy atom. The van der Waals surface area contributed by atoms with Crippen molar-refractivity contribution in [2.45, 2.75) is 13.0 Å². The smallest absolute Gasteiger partial charge is 0.488 e. The van der Waals surface area contributed by atoms with Crippen LogP contribution in [0, 0.1) is 0 Å². The lowest BCUT2D eigenvalue weighted by molar-refractivity contribution is 0.312. The van der Waals surface area contributed by atoms with Crippen molar-refractivity contribution in [2.24, 2.45) is 0 Å². The number of nitrogens with one attached hydrogen (secondary N) is 2. The van der Waals surface area contributed by atoms with Crippen LogP contribution in [0.25, 0.3) is 0 Å². The first-order chi connectivity index (χ1) is 17.3. The van der Waals surface area contributed by atoms with Gasteiger partial charge in [-0.15, -0.1) is 24.8 Å². The van der Waals surface area contributed by atoms with Gasteiger partial charge >= 0.3 is 10.5 Å². The summed E-state index contributed by atoms with van der Waals surface area (Å²) in [5, 5.41) is 6.60. The summed E-state index contributed by atoms with van der Waals surface area (Å²) in [6.07, 6.45) is 2.33. The molecule has 1 aromatic heterocycles. The van der Waals surface area contributed by atoms with E-state index in [-0.39, 0.29) is 52.7 Å². The van der Waals surface area contributed by atoms with Gasteiger partial charge in [0.25, 0.3) is 0 Å². The lowest BCUT2D eigenvalue weighted by atomic mass is 9.99. The average Bonchev–Trinajstić information content (AvgIpc) is 2.80. The minimum Gasteiger partial charge on any atom is -0.495 e. The number of aromatic nitrogens is 2. The molecule has 0 unspecified atom stereocenters. The summed E-state index contributed by atoms with van der Waals surface area (Å²) in [7, 11) is -4.56. The summed E-state index contributed by atoms with van der Waals surface area (Å²) < 4.78 is 57.6. The van der Waals surface area contributed by atoms with E-state index in [1.165, 1.54) is 48.9 Å². The van der Waals surface area contributed by atoms with E-state index in [0.717, 1.165) is 19.5 Å². The first-order valence-electron chi connectivity index (χ1n) is 11.1. The Bertz CT molecular complexity index is 1510. The molecule has 2 heterocycles. The first kappa shape index (κ1) is 32.9. The second-order valence-electron chi connectivity index (χ2n) is 8.96. The molecule has 0 spiro atoms. The molecular formula is C23H28Cl3FN5O5PS. The zero-order valence-corrected chi connectivity index (χ0v) is 25.5. The summed E-state index contributed by atoms with van der Waals surface area (Å²) in [5.41, 5.74) is 3.42. The fourth-order valence-corrected chi connectivity index (χ4v) is 5.61. The number of hydrogen-bond donors (Lipinski definition) is 2. The quantitative estimate of drug-likeness (QED) is 0.247. The molecule has 4 rings (SSSR count). The van der Waals surface area contributed by atoms with Gasteiger partial charge in [-0.25, -0.2) is 4.98 Å². The summed E-state index contributed by atoms with van der Waals surface area (Å²) in [6, 6.07) is 7.85. The lowest BCUT2D eigenvalue weighted by Crippen LogP contribution is -2.26. The van der Waals surface area contributed by atoms with Crippen molar-refractivity contribution in [3.63, 3.8) is 0 Å². The number of likely N-dealkylation sites (N-methyl/N-ethyl adjacent to an activating group) is 1. The maximum absolute atomic E-state index is 13.0. The fourth-order valence-electron chi connectivity index (χ4n) is 3.99. The van der Waals surface area contributed by atoms with Crippen LogP contribution in [0.4, 0.5) is 27.0 Å². The van der Waals surface area contributed by atoms with Gasteiger partial charge in [-0.3, -0.25) is 0 Å². The highest BCUT2D eigenvalue weighted by atomic mass is 35.5. The zero-order valence-electron chi connectivity index (χ0n) is 21.4. The summed E-state index contributed by atoms with van der Waals surface area (Å²) in [4.78, 5) is 11.0. The van der Waals surface area contributed by atoms with Crippen molar-refractivity contribution in [1.29, 1.82) is 0 Å². The number of ether oxygens (including phenoxy) is 1. The van der Waals surface area contributed by atoms with Gasteiger partial charge < -0.3 is 29.0 Å². The number of anilines is 4. The Hall–Kier alpha value is -2.34. The summed E-state index contributed by atoms with van der Waals surface area (Å²) >= 11 is 6.34. The standard InChI is InChI=1S/C23H26ClFN5O5PS.2ClH/c1-30-8-7-14-10-20(34-2)19(9-15(14)13-30)28-23-26-12-17(24)22(29-23)27-18-6-5-16(35-37(25,32)33)11-21(18)36(3,4)31;;/h5-6,9-12H,7-8,13H2,1-4H3,(H2,26,27,28,29);2*1H. The maximum atomic E-state index is 13.0. The molecule has 16 heteroatoms. The van der Waals surface area contributed by atoms with E-state index in [9.17, 15) is 16.9 Å². The molecular weight excluding hydrogens is 615 g/mol. The number of benzene rings is 2. The van der Waals surface area contributed by atoms with E-state index in [2.05, 4.69) is 36.7 Å². The van der Waals surface area contributed by atoms with Crippen LogP contribution in [0.5, 0.6) is 11.5 Å². The van der Waals surface area contributed by atoms with Crippen LogP contribution >= 0.6 is 43.6 Å². The Morgan fingerprint density at radius 3 is 2.46 bits per heavy atom. The molecule has 0 saturated heterocycles. The van der Waals surface area contributed by atoms with Crippen LogP contribution < -0.4 is 24.9 Å². The van der Waals surface area contributed by atoms with Gasteiger partial charge in [-0.2, -0.15) is 13.4 Å². The number of hydrogen-bond acceptors (Lipinski definition) is 10. The molecule has 2 N–H and O–H groups in total. The minimum atomic E-state index is -5.24. The Labute approximate surface area is 244 Å². The van der Waals surface area contributed by atoms with Crippen LogP contribution in [0.1, 0.15) is 11.1 Å². The second-order valence-corrected chi connectivity index (χ2v) is 13.5. The van der Waals surface area contributed by atoms with Gasteiger partial charge in [0.2, 0.25) is 5.95 Å². The van der Waals surface area contributed by atoms with Gasteiger partial charge in [0.1, 0.15) is 23.7 Å². The number of nitrogens with zero attached hydrogens (tertiary/aromatic N) is 3. The maximum Gasteiger partial charge on any atom is 0.488 e. The van der Waals surface area contributed by atoms with E-state index >= 15 is 0 Å². The molecule has 3 aromatic rings. The highest BCUT2D eigenvalue weighted by Crippen LogP contribution is 2.40. The number of rotatable bonds is 8. The van der Waals surface area contributed by atoms with Crippen LogP contribution in [-0.2, 0) is 28.0 Å². The van der Waals surface area contributed by atoms with Crippen LogP contribution in [0.3, 0.4) is 0 Å². The lowest BCUT2D eigenvalue weighted by Gasteiger charge is -2.26. The van der Waals surface area contributed by atoms with Crippen LogP contribution in [-0.4, -0.2) is 57.3 Å². The molecule has 0 saturated carbocycles. The van der Waals surface area contributed by atoms with E-state index < -0.39 is 17.6 Å². The molecule has 1 aliphatic rings. The van der Waals surface area contributed by atoms with Gasteiger partial charge in [0.05, 0.1) is 24.7 Å². The van der Waals surface area contributed by atoms with E-state index in [1.807, 2.05) is 12.1 Å². The minimum absolute atomic E-state index is 0. The van der Waals surface area contributed by atoms with E-state index in [1.54, 1.807) is 7.11 Å². The van der Waals surface area contributed by atoms with Crippen molar-refractivity contribution < 1.29 is 25.8 Å². The highest BCUT2D eigenvalue weighted by Gasteiger charge is 2.22. The molecule has 2 aromatic carbocycles. The van der Waals surface area contributed by atoms with Crippen molar-refractivity contribution >= 4 is 82.5 Å². The third-order valence-corrected chi connectivity index (χ3v) is 7.91. The monoisotopic (exact) mass is 641 g/mol. The third kappa shape index (κ3) is 8.33. The molecule has 0 fully saturated rings. The van der Waals surface area contributed by atoms with Crippen molar-refractivity contribution in [1.82, 2.24) is 14.9 Å². The molecule has 0 aliphatic carbocycles. The van der Waals surface area contributed by atoms with Crippen molar-refractivity contribution in [2.75, 3.05) is 44.7 Å². The molecule has 39 heavy (non-hydrogen) atoms. The van der Waals surface area contributed by atoms with E-state index in [0.29, 0.717) is 17.1 Å². The molecule has 0 atom stereocenters. The predicted octanol–water partition coefficient (Wildman–Crippen LogP) is 5.30. The highest BCUT2D eigenvalue weighted by molar-refractivity contribution is 7.81. The molecule has 10 nitrogen and oxygen atoms in total. The number of methoxy groups -OCH3 is 1. The summed E-state index contributed by atoms with van der Waals surface area (Å²) in [6.45, 7) is 4.74. The largest absolute Gasteiger partial charge is 0.495 e. The Balaban J connectivity index is 0.00000267. The van der Waals surface area contributed by atoms with Crippen LogP contribution in [0.15, 0.2) is 36.5 Å². The number of halogens is 4. The van der Waals surface area contributed by atoms with Gasteiger partial charge in [-0.1, -0.05) is 15.5 Å². The zero-order chi connectivity index (χ0) is 27.0. The average molecular weight is 643 g/mol. The molecule has 214 valence electrons. The van der Waals surface area contributed by atoms with Gasteiger partial charge in [0, 0.05) is 18.4 Å². The third-order valence-electron chi connectivity index (χ3n) is 5.71.